The van der Waals surface area contributed by atoms with E-state index in [4.69, 9.17) is 9.47 Å². The van der Waals surface area contributed by atoms with Crippen LogP contribution < -0.4 is 14.8 Å². The monoisotopic (exact) mass is 363 g/mol. The third-order valence-corrected chi connectivity index (χ3v) is 4.67. The number of ether oxygens (including phenoxy) is 2. The van der Waals surface area contributed by atoms with Crippen LogP contribution in [0.3, 0.4) is 0 Å². The van der Waals surface area contributed by atoms with E-state index in [1.54, 1.807) is 14.0 Å². The molecule has 27 heavy (non-hydrogen) atoms. The largest absolute Gasteiger partial charge is 0.497 e. The van der Waals surface area contributed by atoms with Gasteiger partial charge in [-0.05, 0) is 42.5 Å². The topological polar surface area (TPSA) is 47.6 Å². The summed E-state index contributed by atoms with van der Waals surface area (Å²) in [7, 11) is 1.64. The van der Waals surface area contributed by atoms with Crippen molar-refractivity contribution in [3.05, 3.63) is 72.3 Å². The Balaban J connectivity index is 1.70. The van der Waals surface area contributed by atoms with Gasteiger partial charge in [-0.1, -0.05) is 55.5 Å². The lowest BCUT2D eigenvalue weighted by atomic mass is 10.0. The molecule has 0 aliphatic carbocycles. The maximum absolute atomic E-state index is 12.7. The molecule has 0 saturated carbocycles. The van der Waals surface area contributed by atoms with Crippen molar-refractivity contribution in [1.29, 1.82) is 0 Å². The van der Waals surface area contributed by atoms with Crippen LogP contribution in [0.15, 0.2) is 66.7 Å². The maximum atomic E-state index is 12.7. The Hall–Kier alpha value is -3.01. The van der Waals surface area contributed by atoms with Gasteiger partial charge in [0.25, 0.3) is 5.91 Å². The molecule has 0 heterocycles. The number of rotatable bonds is 7. The minimum Gasteiger partial charge on any atom is -0.497 e. The van der Waals surface area contributed by atoms with Crippen LogP contribution in [0.2, 0.25) is 0 Å². The molecule has 140 valence electrons. The van der Waals surface area contributed by atoms with Crippen molar-refractivity contribution in [2.45, 2.75) is 32.4 Å². The number of amides is 1. The number of carbonyl (C=O) groups is 1. The van der Waals surface area contributed by atoms with Crippen molar-refractivity contribution < 1.29 is 14.3 Å². The van der Waals surface area contributed by atoms with Crippen molar-refractivity contribution in [2.75, 3.05) is 7.11 Å². The molecule has 0 fully saturated rings. The van der Waals surface area contributed by atoms with Gasteiger partial charge in [0, 0.05) is 5.39 Å². The molecule has 0 bridgehead atoms. The van der Waals surface area contributed by atoms with Crippen LogP contribution in [0.4, 0.5) is 0 Å². The van der Waals surface area contributed by atoms with E-state index < -0.39 is 6.10 Å². The van der Waals surface area contributed by atoms with Gasteiger partial charge >= 0.3 is 0 Å². The zero-order valence-corrected chi connectivity index (χ0v) is 15.9. The van der Waals surface area contributed by atoms with Crippen LogP contribution in [-0.2, 0) is 4.79 Å². The molecule has 0 spiro atoms. The number of hydrogen-bond donors (Lipinski definition) is 1. The fourth-order valence-corrected chi connectivity index (χ4v) is 3.09. The van der Waals surface area contributed by atoms with E-state index in [1.165, 1.54) is 0 Å². The van der Waals surface area contributed by atoms with Gasteiger partial charge < -0.3 is 14.8 Å². The SMILES string of the molecule is CC[C@@H](NC(=O)[C@@H](C)Oc1cccc2ccccc12)c1ccc(OC)cc1. The second kappa shape index (κ2) is 8.58. The molecule has 1 amide bonds. The van der Waals surface area contributed by atoms with Gasteiger partial charge in [0.15, 0.2) is 6.10 Å². The number of carbonyl (C=O) groups excluding carboxylic acids is 1. The minimum absolute atomic E-state index is 0.0676. The van der Waals surface area contributed by atoms with E-state index in [2.05, 4.69) is 5.32 Å². The number of nitrogens with one attached hydrogen (secondary N) is 1. The minimum atomic E-state index is -0.594. The molecular formula is C23H25NO3. The number of hydrogen-bond acceptors (Lipinski definition) is 3. The van der Waals surface area contributed by atoms with Gasteiger partial charge in [-0.25, -0.2) is 0 Å². The van der Waals surface area contributed by atoms with Crippen molar-refractivity contribution in [2.24, 2.45) is 0 Å². The van der Waals surface area contributed by atoms with Crippen LogP contribution in [0, 0.1) is 0 Å². The second-order valence-corrected chi connectivity index (χ2v) is 6.48. The summed E-state index contributed by atoms with van der Waals surface area (Å²) in [6.07, 6.45) is 0.196. The normalized spacial score (nSPS) is 13.0. The van der Waals surface area contributed by atoms with Crippen LogP contribution in [0.25, 0.3) is 10.8 Å². The summed E-state index contributed by atoms with van der Waals surface area (Å²) in [6.45, 7) is 3.82. The molecule has 0 radical (unpaired) electrons. The Kier molecular flexibility index (Phi) is 5.97. The van der Waals surface area contributed by atoms with Crippen molar-refractivity contribution in [3.63, 3.8) is 0 Å². The van der Waals surface area contributed by atoms with E-state index in [9.17, 15) is 4.79 Å². The highest BCUT2D eigenvalue weighted by Crippen LogP contribution is 2.26. The third-order valence-electron chi connectivity index (χ3n) is 4.67. The fraction of sp³-hybridized carbons (Fsp3) is 0.261. The van der Waals surface area contributed by atoms with Gasteiger partial charge in [0.1, 0.15) is 11.5 Å². The lowest BCUT2D eigenvalue weighted by Crippen LogP contribution is -2.38. The quantitative estimate of drug-likeness (QED) is 0.650. The Morgan fingerprint density at radius 2 is 1.70 bits per heavy atom. The summed E-state index contributed by atoms with van der Waals surface area (Å²) in [5.74, 6) is 1.38. The first kappa shape index (κ1) is 18.8. The van der Waals surface area contributed by atoms with Gasteiger partial charge in [-0.15, -0.1) is 0 Å². The second-order valence-electron chi connectivity index (χ2n) is 6.48. The first-order valence-corrected chi connectivity index (χ1v) is 9.21. The zero-order chi connectivity index (χ0) is 19.2. The Morgan fingerprint density at radius 3 is 2.41 bits per heavy atom. The Labute approximate surface area is 160 Å². The zero-order valence-electron chi connectivity index (χ0n) is 15.9. The fourth-order valence-electron chi connectivity index (χ4n) is 3.09. The highest BCUT2D eigenvalue weighted by Gasteiger charge is 2.20. The molecule has 0 saturated heterocycles. The maximum Gasteiger partial charge on any atom is 0.261 e. The van der Waals surface area contributed by atoms with Gasteiger partial charge in [0.05, 0.1) is 13.2 Å². The average Bonchev–Trinajstić information content (AvgIpc) is 2.72. The van der Waals surface area contributed by atoms with Gasteiger partial charge in [-0.2, -0.15) is 0 Å². The Morgan fingerprint density at radius 1 is 1.00 bits per heavy atom. The van der Waals surface area contributed by atoms with Crippen LogP contribution in [-0.4, -0.2) is 19.1 Å². The first-order chi connectivity index (χ1) is 13.1. The lowest BCUT2D eigenvalue weighted by molar-refractivity contribution is -0.128. The first-order valence-electron chi connectivity index (χ1n) is 9.21. The van der Waals surface area contributed by atoms with Crippen molar-refractivity contribution in [1.82, 2.24) is 5.32 Å². The van der Waals surface area contributed by atoms with E-state index in [0.717, 1.165) is 28.5 Å². The molecule has 3 aromatic carbocycles. The summed E-state index contributed by atoms with van der Waals surface area (Å²) in [6, 6.07) is 21.5. The van der Waals surface area contributed by atoms with Gasteiger partial charge in [-0.3, -0.25) is 4.79 Å². The third kappa shape index (κ3) is 4.40. The van der Waals surface area contributed by atoms with Crippen LogP contribution >= 0.6 is 0 Å². The molecule has 0 unspecified atom stereocenters. The number of methoxy groups -OCH3 is 1. The van der Waals surface area contributed by atoms with Crippen molar-refractivity contribution >= 4 is 16.7 Å². The highest BCUT2D eigenvalue weighted by molar-refractivity contribution is 5.89. The molecule has 3 rings (SSSR count). The van der Waals surface area contributed by atoms with E-state index in [-0.39, 0.29) is 11.9 Å². The average molecular weight is 363 g/mol. The van der Waals surface area contributed by atoms with Gasteiger partial charge in [0.2, 0.25) is 0 Å². The predicted molar refractivity (Wildman–Crippen MR) is 108 cm³/mol. The predicted octanol–water partition coefficient (Wildman–Crippen LogP) is 4.88. The smallest absolute Gasteiger partial charge is 0.261 e. The molecular weight excluding hydrogens is 338 g/mol. The molecule has 4 heteroatoms. The molecule has 0 aromatic heterocycles. The molecule has 0 aliphatic rings. The summed E-state index contributed by atoms with van der Waals surface area (Å²) < 4.78 is 11.2. The lowest BCUT2D eigenvalue weighted by Gasteiger charge is -2.21. The molecule has 1 N–H and O–H groups in total. The van der Waals surface area contributed by atoms with Crippen LogP contribution in [0.1, 0.15) is 31.9 Å². The molecule has 2 atom stereocenters. The van der Waals surface area contributed by atoms with Crippen LogP contribution in [0.5, 0.6) is 11.5 Å². The van der Waals surface area contributed by atoms with E-state index >= 15 is 0 Å². The van der Waals surface area contributed by atoms with Crippen molar-refractivity contribution in [3.8, 4) is 11.5 Å². The molecule has 0 aliphatic heterocycles. The summed E-state index contributed by atoms with van der Waals surface area (Å²) in [5.41, 5.74) is 1.05. The standard InChI is InChI=1S/C23H25NO3/c1-4-21(18-12-14-19(26-3)15-13-18)24-23(25)16(2)27-22-11-7-9-17-8-5-6-10-20(17)22/h5-16,21H,4H2,1-3H3,(H,24,25)/t16-,21-/m1/s1. The molecule has 3 aromatic rings. The highest BCUT2D eigenvalue weighted by atomic mass is 16.5. The number of fused-ring (bicyclic) bond motifs is 1. The number of benzene rings is 3. The summed E-state index contributed by atoms with van der Waals surface area (Å²) >= 11 is 0. The summed E-state index contributed by atoms with van der Waals surface area (Å²) in [4.78, 5) is 12.7. The summed E-state index contributed by atoms with van der Waals surface area (Å²) in [5, 5.41) is 5.18. The Bertz CT molecular complexity index is 900. The van der Waals surface area contributed by atoms with E-state index in [0.29, 0.717) is 5.75 Å². The molecule has 4 nitrogen and oxygen atoms in total. The van der Waals surface area contributed by atoms with E-state index in [1.807, 2.05) is 73.7 Å².